The predicted octanol–water partition coefficient (Wildman–Crippen LogP) is 0.446. The van der Waals surface area contributed by atoms with Crippen LogP contribution < -0.4 is 5.73 Å². The molecule has 0 fully saturated rings. The highest BCUT2D eigenvalue weighted by molar-refractivity contribution is 5.66. The molecule has 3 N–H and O–H groups in total. The molecule has 0 aromatic rings. The minimum Gasteiger partial charge on any atom is -0.481 e. The summed E-state index contributed by atoms with van der Waals surface area (Å²) in [4.78, 5) is 10.0. The second-order valence-corrected chi connectivity index (χ2v) is 2.28. The van der Waals surface area contributed by atoms with Crippen LogP contribution in [0.15, 0.2) is 0 Å². The van der Waals surface area contributed by atoms with E-state index in [4.69, 9.17) is 10.8 Å². The molecule has 0 aromatic heterocycles. The molecule has 9 heavy (non-hydrogen) atoms. The van der Waals surface area contributed by atoms with E-state index in [0.717, 1.165) is 6.42 Å². The van der Waals surface area contributed by atoms with E-state index in [2.05, 4.69) is 0 Å². The van der Waals surface area contributed by atoms with Crippen molar-refractivity contribution in [2.24, 2.45) is 11.7 Å². The number of aliphatic carboxylic acids is 1. The molecule has 54 valence electrons. The normalized spacial score (nSPS) is 13.1. The van der Waals surface area contributed by atoms with Crippen LogP contribution >= 0.6 is 0 Å². The Labute approximate surface area is 54.9 Å². The highest BCUT2D eigenvalue weighted by Crippen LogP contribution is 2.04. The fourth-order valence-electron chi connectivity index (χ4n) is 0.685. The summed E-state index contributed by atoms with van der Waals surface area (Å²) < 4.78 is 0. The largest absolute Gasteiger partial charge is 0.481 e. The van der Waals surface area contributed by atoms with E-state index in [1.54, 1.807) is 0 Å². The molecule has 3 heteroatoms. The Morgan fingerprint density at radius 3 is 2.67 bits per heavy atom. The summed E-state index contributed by atoms with van der Waals surface area (Å²) in [5, 5.41) is 8.27. The van der Waals surface area contributed by atoms with Gasteiger partial charge in [-0.2, -0.15) is 0 Å². The molecule has 0 aliphatic carbocycles. The van der Waals surface area contributed by atoms with Crippen molar-refractivity contribution < 1.29 is 9.90 Å². The molecule has 1 atom stereocenters. The number of carboxylic acids is 1. The molecule has 0 spiro atoms. The first-order chi connectivity index (χ1) is 4.16. The average molecular weight is 131 g/mol. The van der Waals surface area contributed by atoms with Crippen LogP contribution in [0.3, 0.4) is 0 Å². The Kier molecular flexibility index (Phi) is 4.05. The summed E-state index contributed by atoms with van der Waals surface area (Å²) in [6.07, 6.45) is 1.03. The molecule has 0 bridgehead atoms. The maximum Gasteiger partial charge on any atom is 0.303 e. The van der Waals surface area contributed by atoms with Crippen LogP contribution in [-0.2, 0) is 4.79 Å². The summed E-state index contributed by atoms with van der Waals surface area (Å²) in [6, 6.07) is 0. The molecular weight excluding hydrogens is 118 g/mol. The second kappa shape index (κ2) is 4.32. The summed E-state index contributed by atoms with van der Waals surface area (Å²) in [7, 11) is 0. The predicted molar refractivity (Wildman–Crippen MR) is 35.1 cm³/mol. The van der Waals surface area contributed by atoms with Crippen LogP contribution in [0.25, 0.3) is 0 Å². The zero-order valence-electron chi connectivity index (χ0n) is 5.63. The van der Waals surface area contributed by atoms with Gasteiger partial charge in [0, 0.05) is 6.42 Å². The SMILES string of the molecule is CC(CCN)CC(=O)O. The van der Waals surface area contributed by atoms with E-state index in [1.165, 1.54) is 0 Å². The lowest BCUT2D eigenvalue weighted by molar-refractivity contribution is -0.137. The van der Waals surface area contributed by atoms with Crippen LogP contribution in [0, 0.1) is 5.92 Å². The quantitative estimate of drug-likeness (QED) is 0.582. The van der Waals surface area contributed by atoms with Crippen LogP contribution in [-0.4, -0.2) is 17.6 Å². The zero-order chi connectivity index (χ0) is 7.28. The number of rotatable bonds is 4. The van der Waals surface area contributed by atoms with Crippen molar-refractivity contribution in [3.05, 3.63) is 0 Å². The highest BCUT2D eigenvalue weighted by atomic mass is 16.4. The third-order valence-electron chi connectivity index (χ3n) is 1.18. The molecule has 0 aliphatic heterocycles. The maximum absolute atomic E-state index is 10.0. The van der Waals surface area contributed by atoms with Crippen molar-refractivity contribution in [3.63, 3.8) is 0 Å². The Morgan fingerprint density at radius 2 is 2.33 bits per heavy atom. The molecule has 0 saturated carbocycles. The molecule has 0 aliphatic rings. The van der Waals surface area contributed by atoms with Crippen LogP contribution in [0.2, 0.25) is 0 Å². The smallest absolute Gasteiger partial charge is 0.303 e. The van der Waals surface area contributed by atoms with Crippen molar-refractivity contribution >= 4 is 5.97 Å². The topological polar surface area (TPSA) is 63.3 Å². The third-order valence-corrected chi connectivity index (χ3v) is 1.18. The second-order valence-electron chi connectivity index (χ2n) is 2.28. The molecule has 0 aromatic carbocycles. The van der Waals surface area contributed by atoms with Gasteiger partial charge < -0.3 is 10.8 Å². The highest BCUT2D eigenvalue weighted by Gasteiger charge is 2.04. The van der Waals surface area contributed by atoms with Crippen LogP contribution in [0.4, 0.5) is 0 Å². The third kappa shape index (κ3) is 5.30. The molecule has 1 unspecified atom stereocenters. The Balaban J connectivity index is 3.26. The van der Waals surface area contributed by atoms with Crippen LogP contribution in [0.5, 0.6) is 0 Å². The molecule has 0 amide bonds. The van der Waals surface area contributed by atoms with Gasteiger partial charge in [-0.1, -0.05) is 6.92 Å². The van der Waals surface area contributed by atoms with Crippen molar-refractivity contribution in [1.82, 2.24) is 0 Å². The van der Waals surface area contributed by atoms with E-state index in [9.17, 15) is 4.79 Å². The Hall–Kier alpha value is -0.570. The zero-order valence-corrected chi connectivity index (χ0v) is 5.63. The van der Waals surface area contributed by atoms with Crippen molar-refractivity contribution in [3.8, 4) is 0 Å². The van der Waals surface area contributed by atoms with E-state index >= 15 is 0 Å². The van der Waals surface area contributed by atoms with Crippen molar-refractivity contribution in [2.75, 3.05) is 6.54 Å². The maximum atomic E-state index is 10.0. The number of nitrogens with two attached hydrogens (primary N) is 1. The van der Waals surface area contributed by atoms with Crippen molar-refractivity contribution in [1.29, 1.82) is 0 Å². The van der Waals surface area contributed by atoms with Gasteiger partial charge >= 0.3 is 5.97 Å². The summed E-state index contributed by atoms with van der Waals surface area (Å²) in [5.74, 6) is -0.525. The van der Waals surface area contributed by atoms with Gasteiger partial charge in [0.2, 0.25) is 0 Å². The van der Waals surface area contributed by atoms with Crippen LogP contribution in [0.1, 0.15) is 19.8 Å². The molecule has 0 rings (SSSR count). The first-order valence-corrected chi connectivity index (χ1v) is 3.08. The summed E-state index contributed by atoms with van der Waals surface area (Å²) in [5.41, 5.74) is 5.21. The fraction of sp³-hybridized carbons (Fsp3) is 0.833. The van der Waals surface area contributed by atoms with Gasteiger partial charge in [-0.3, -0.25) is 4.79 Å². The number of carboxylic acid groups (broad SMARTS) is 1. The van der Waals surface area contributed by atoms with Gasteiger partial charge in [0.05, 0.1) is 0 Å². The summed E-state index contributed by atoms with van der Waals surface area (Å²) >= 11 is 0. The monoisotopic (exact) mass is 131 g/mol. The van der Waals surface area contributed by atoms with Crippen molar-refractivity contribution in [2.45, 2.75) is 19.8 Å². The lowest BCUT2D eigenvalue weighted by atomic mass is 10.1. The standard InChI is InChI=1S/C6H13NO2/c1-5(2-3-7)4-6(8)9/h5H,2-4,7H2,1H3,(H,8,9). The van der Waals surface area contributed by atoms with E-state index in [1.807, 2.05) is 6.92 Å². The fourth-order valence-corrected chi connectivity index (χ4v) is 0.685. The molecule has 3 nitrogen and oxygen atoms in total. The first-order valence-electron chi connectivity index (χ1n) is 3.08. The van der Waals surface area contributed by atoms with E-state index < -0.39 is 5.97 Å². The molecular formula is C6H13NO2. The summed E-state index contributed by atoms with van der Waals surface area (Å²) in [6.45, 7) is 2.47. The Morgan fingerprint density at radius 1 is 1.78 bits per heavy atom. The lowest BCUT2D eigenvalue weighted by Crippen LogP contribution is -2.09. The molecule has 0 radical (unpaired) electrons. The van der Waals surface area contributed by atoms with Gasteiger partial charge in [-0.25, -0.2) is 0 Å². The van der Waals surface area contributed by atoms with Gasteiger partial charge in [0.1, 0.15) is 0 Å². The number of hydrogen-bond donors (Lipinski definition) is 2. The lowest BCUT2D eigenvalue weighted by Gasteiger charge is -2.03. The molecule has 0 saturated heterocycles. The average Bonchev–Trinajstić information content (AvgIpc) is 1.63. The van der Waals surface area contributed by atoms with Gasteiger partial charge in [0.15, 0.2) is 0 Å². The minimum atomic E-state index is -0.740. The van der Waals surface area contributed by atoms with Gasteiger partial charge in [-0.15, -0.1) is 0 Å². The van der Waals surface area contributed by atoms with Gasteiger partial charge in [0.25, 0.3) is 0 Å². The minimum absolute atomic E-state index is 0.215. The van der Waals surface area contributed by atoms with E-state index in [0.29, 0.717) is 6.54 Å². The molecule has 0 heterocycles. The van der Waals surface area contributed by atoms with E-state index in [-0.39, 0.29) is 12.3 Å². The Bertz CT molecular complexity index is 93.1. The number of hydrogen-bond acceptors (Lipinski definition) is 2. The van der Waals surface area contributed by atoms with Gasteiger partial charge in [-0.05, 0) is 18.9 Å². The first kappa shape index (κ1) is 8.43. The number of carbonyl (C=O) groups is 1.